The molecule has 1 aromatic rings. The van der Waals surface area contributed by atoms with Crippen molar-refractivity contribution in [2.75, 3.05) is 0 Å². The summed E-state index contributed by atoms with van der Waals surface area (Å²) in [4.78, 5) is 12.0. The molecule has 32 heavy (non-hydrogen) atoms. The van der Waals surface area contributed by atoms with Crippen molar-refractivity contribution >= 4 is 5.78 Å². The molecule has 2 unspecified atom stereocenters. The summed E-state index contributed by atoms with van der Waals surface area (Å²) in [6.07, 6.45) is 2.51. The van der Waals surface area contributed by atoms with Crippen LogP contribution in [0.4, 0.5) is 4.39 Å². The van der Waals surface area contributed by atoms with Crippen molar-refractivity contribution in [1.82, 2.24) is 0 Å². The summed E-state index contributed by atoms with van der Waals surface area (Å²) < 4.78 is 21.4. The first-order valence-electron chi connectivity index (χ1n) is 11.8. The fourth-order valence-electron chi connectivity index (χ4n) is 7.87. The lowest BCUT2D eigenvalue weighted by Gasteiger charge is -2.61. The van der Waals surface area contributed by atoms with E-state index in [-0.39, 0.29) is 23.5 Å². The number of benzene rings is 1. The number of alkyl halides is 1. The first-order chi connectivity index (χ1) is 15.1. The van der Waals surface area contributed by atoms with Crippen molar-refractivity contribution in [3.63, 3.8) is 0 Å². The molecule has 4 nitrogen and oxygen atoms in total. The molecule has 2 N–H and O–H groups in total. The number of fused-ring (bicyclic) bond motifs is 5. The zero-order valence-corrected chi connectivity index (χ0v) is 18.9. The van der Waals surface area contributed by atoms with Crippen LogP contribution in [0.3, 0.4) is 0 Å². The molecule has 0 aliphatic heterocycles. The third kappa shape index (κ3) is 2.90. The second-order valence-corrected chi connectivity index (χ2v) is 10.9. The van der Waals surface area contributed by atoms with Crippen LogP contribution in [0.2, 0.25) is 0 Å². The number of allylic oxidation sites excluding steroid dienone is 1. The van der Waals surface area contributed by atoms with Crippen molar-refractivity contribution in [1.29, 1.82) is 0 Å². The molecule has 3 saturated carbocycles. The molecule has 0 heterocycles. The molecule has 4 aliphatic rings. The Morgan fingerprint density at radius 3 is 2.66 bits per heavy atom. The molecule has 5 rings (SSSR count). The summed E-state index contributed by atoms with van der Waals surface area (Å²) in [6.45, 7) is 8.13. The molecular formula is C27H33FO4. The number of hydrogen-bond donors (Lipinski definition) is 2. The molecule has 5 heteroatoms. The summed E-state index contributed by atoms with van der Waals surface area (Å²) in [6, 6.07) is 9.27. The van der Waals surface area contributed by atoms with Gasteiger partial charge in [0.2, 0.25) is 0 Å². The van der Waals surface area contributed by atoms with E-state index in [1.807, 2.05) is 44.2 Å². The summed E-state index contributed by atoms with van der Waals surface area (Å²) in [5, 5.41) is 23.4. The van der Waals surface area contributed by atoms with Gasteiger partial charge in [-0.05, 0) is 79.1 Å². The number of carbonyl (C=O) groups is 1. The van der Waals surface area contributed by atoms with Gasteiger partial charge in [-0.1, -0.05) is 38.6 Å². The lowest BCUT2D eigenvalue weighted by atomic mass is 9.45. The van der Waals surface area contributed by atoms with Crippen molar-refractivity contribution in [2.24, 2.45) is 28.6 Å². The third-order valence-corrected chi connectivity index (χ3v) is 9.47. The Bertz CT molecular complexity index is 973. The van der Waals surface area contributed by atoms with Gasteiger partial charge in [-0.25, -0.2) is 4.39 Å². The van der Waals surface area contributed by atoms with Crippen LogP contribution in [-0.2, 0) is 4.79 Å². The molecule has 0 bridgehead atoms. The quantitative estimate of drug-likeness (QED) is 0.665. The highest BCUT2D eigenvalue weighted by Crippen LogP contribution is 2.68. The topological polar surface area (TPSA) is 66.8 Å². The van der Waals surface area contributed by atoms with E-state index in [9.17, 15) is 15.0 Å². The zero-order valence-electron chi connectivity index (χ0n) is 18.9. The van der Waals surface area contributed by atoms with Gasteiger partial charge in [0.05, 0.1) is 6.10 Å². The number of halogens is 1. The van der Waals surface area contributed by atoms with Crippen LogP contribution >= 0.6 is 0 Å². The van der Waals surface area contributed by atoms with E-state index in [4.69, 9.17) is 4.74 Å². The number of rotatable bonds is 3. The standard InChI is InChI=1S/C27H33FO4/c1-16(32-18-7-5-4-6-8-18)27(31)12-10-20-19-14-22(28)21-13-17(29)9-11-25(21,2)24(19)23(30)15-26(20,27)3/h4-8,13,19-20,22-24,30-31H,1,9-12,14-15H2,2-3H3/t19-,20-,22?,23?,24+,25-,26-,27-/m0/s1. The lowest BCUT2D eigenvalue weighted by Crippen LogP contribution is -2.61. The SMILES string of the molecule is C=C(Oc1ccccc1)[C@@]1(O)CC[C@H]2[C@@H]3CC(F)C4=CC(=O)CC[C@]4(C)[C@H]3C(O)C[C@@]21C. The van der Waals surface area contributed by atoms with Crippen LogP contribution in [0.5, 0.6) is 5.75 Å². The number of ketones is 1. The van der Waals surface area contributed by atoms with E-state index in [2.05, 4.69) is 6.58 Å². The Labute approximate surface area is 189 Å². The summed E-state index contributed by atoms with van der Waals surface area (Å²) in [7, 11) is 0. The van der Waals surface area contributed by atoms with Crippen molar-refractivity contribution in [3.05, 3.63) is 54.3 Å². The maximum Gasteiger partial charge on any atom is 0.155 e. The van der Waals surface area contributed by atoms with Crippen LogP contribution < -0.4 is 4.74 Å². The normalized spacial score (nSPS) is 45.3. The molecular weight excluding hydrogens is 407 g/mol. The summed E-state index contributed by atoms with van der Waals surface area (Å²) in [5.41, 5.74) is -1.91. The van der Waals surface area contributed by atoms with E-state index in [0.717, 1.165) is 6.42 Å². The van der Waals surface area contributed by atoms with Gasteiger partial charge in [0.25, 0.3) is 0 Å². The van der Waals surface area contributed by atoms with Crippen molar-refractivity contribution in [2.45, 2.75) is 70.2 Å². The van der Waals surface area contributed by atoms with Crippen LogP contribution in [0.1, 0.15) is 52.4 Å². The third-order valence-electron chi connectivity index (χ3n) is 9.47. The molecule has 0 amide bonds. The van der Waals surface area contributed by atoms with E-state index in [1.54, 1.807) is 0 Å². The minimum Gasteiger partial charge on any atom is -0.459 e. The lowest BCUT2D eigenvalue weighted by molar-refractivity contribution is -0.172. The van der Waals surface area contributed by atoms with Crippen molar-refractivity contribution < 1.29 is 24.1 Å². The molecule has 172 valence electrons. The second-order valence-electron chi connectivity index (χ2n) is 10.9. The Kier molecular flexibility index (Phi) is 4.96. The van der Waals surface area contributed by atoms with Gasteiger partial charge in [0, 0.05) is 11.8 Å². The van der Waals surface area contributed by atoms with E-state index in [1.165, 1.54) is 6.08 Å². The predicted molar refractivity (Wildman–Crippen MR) is 120 cm³/mol. The Balaban J connectivity index is 1.49. The smallest absolute Gasteiger partial charge is 0.155 e. The molecule has 1 aromatic carbocycles. The molecule has 0 radical (unpaired) electrons. The predicted octanol–water partition coefficient (Wildman–Crippen LogP) is 4.76. The first-order valence-corrected chi connectivity index (χ1v) is 11.8. The maximum absolute atomic E-state index is 15.4. The number of aliphatic hydroxyl groups is 2. The highest BCUT2D eigenvalue weighted by molar-refractivity contribution is 5.91. The van der Waals surface area contributed by atoms with Crippen LogP contribution in [0.15, 0.2) is 54.3 Å². The van der Waals surface area contributed by atoms with E-state index >= 15 is 4.39 Å². The molecule has 0 aromatic heterocycles. The molecule has 3 fully saturated rings. The largest absolute Gasteiger partial charge is 0.459 e. The Hall–Kier alpha value is -1.98. The minimum absolute atomic E-state index is 0.0154. The van der Waals surface area contributed by atoms with Crippen LogP contribution in [-0.4, -0.2) is 33.9 Å². The van der Waals surface area contributed by atoms with E-state index in [0.29, 0.717) is 49.2 Å². The fourth-order valence-corrected chi connectivity index (χ4v) is 7.87. The van der Waals surface area contributed by atoms with Gasteiger partial charge in [-0.15, -0.1) is 0 Å². The molecule has 0 spiro atoms. The molecule has 4 aliphatic carbocycles. The van der Waals surface area contributed by atoms with Gasteiger partial charge in [-0.2, -0.15) is 0 Å². The second kappa shape index (κ2) is 7.26. The fraction of sp³-hybridized carbons (Fsp3) is 0.593. The average Bonchev–Trinajstić information content (AvgIpc) is 3.01. The monoisotopic (exact) mass is 440 g/mol. The Morgan fingerprint density at radius 1 is 1.22 bits per heavy atom. The maximum atomic E-state index is 15.4. The molecule has 8 atom stereocenters. The minimum atomic E-state index is -1.30. The number of hydrogen-bond acceptors (Lipinski definition) is 4. The van der Waals surface area contributed by atoms with Gasteiger partial charge < -0.3 is 14.9 Å². The Morgan fingerprint density at radius 2 is 1.94 bits per heavy atom. The number of ether oxygens (including phenoxy) is 1. The number of para-hydroxylation sites is 1. The number of carbonyl (C=O) groups excluding carboxylic acids is 1. The van der Waals surface area contributed by atoms with Gasteiger partial charge in [0.15, 0.2) is 5.78 Å². The average molecular weight is 441 g/mol. The van der Waals surface area contributed by atoms with Crippen molar-refractivity contribution in [3.8, 4) is 5.75 Å². The van der Waals surface area contributed by atoms with Gasteiger partial charge >= 0.3 is 0 Å². The van der Waals surface area contributed by atoms with Crippen LogP contribution in [0.25, 0.3) is 0 Å². The molecule has 0 saturated heterocycles. The summed E-state index contributed by atoms with van der Waals surface area (Å²) in [5.74, 6) is 0.764. The van der Waals surface area contributed by atoms with E-state index < -0.39 is 28.7 Å². The first kappa shape index (κ1) is 21.8. The summed E-state index contributed by atoms with van der Waals surface area (Å²) >= 11 is 0. The van der Waals surface area contributed by atoms with Crippen LogP contribution in [0, 0.1) is 28.6 Å². The van der Waals surface area contributed by atoms with Gasteiger partial charge in [-0.3, -0.25) is 4.79 Å². The zero-order chi connectivity index (χ0) is 22.9. The number of aliphatic hydroxyl groups excluding tert-OH is 1. The highest BCUT2D eigenvalue weighted by Gasteiger charge is 2.68. The van der Waals surface area contributed by atoms with Gasteiger partial charge in [0.1, 0.15) is 23.3 Å². The highest BCUT2D eigenvalue weighted by atomic mass is 19.1.